The van der Waals surface area contributed by atoms with Crippen molar-refractivity contribution in [2.24, 2.45) is 5.92 Å². The lowest BCUT2D eigenvalue weighted by Crippen LogP contribution is -2.30. The summed E-state index contributed by atoms with van der Waals surface area (Å²) < 4.78 is 26.4. The largest absolute Gasteiger partial charge is 0.345 e. The van der Waals surface area contributed by atoms with E-state index in [0.717, 1.165) is 22.7 Å². The molecule has 1 atom stereocenters. The van der Waals surface area contributed by atoms with Gasteiger partial charge >= 0.3 is 0 Å². The van der Waals surface area contributed by atoms with Gasteiger partial charge in [0.05, 0.1) is 16.5 Å². The van der Waals surface area contributed by atoms with Gasteiger partial charge in [0.1, 0.15) is 0 Å². The predicted octanol–water partition coefficient (Wildman–Crippen LogP) is 3.58. The first-order valence-electron chi connectivity index (χ1n) is 8.38. The lowest BCUT2D eigenvalue weighted by atomic mass is 10.0. The summed E-state index contributed by atoms with van der Waals surface area (Å²) in [5, 5.41) is 3.08. The van der Waals surface area contributed by atoms with Crippen LogP contribution in [0.3, 0.4) is 0 Å². The summed E-state index contributed by atoms with van der Waals surface area (Å²) in [5.41, 5.74) is 1.38. The first kappa shape index (κ1) is 19.1. The molecule has 0 aliphatic heterocycles. The molecule has 138 valence electrons. The van der Waals surface area contributed by atoms with E-state index >= 15 is 0 Å². The van der Waals surface area contributed by atoms with Crippen LogP contribution in [-0.4, -0.2) is 32.7 Å². The van der Waals surface area contributed by atoms with E-state index in [1.807, 2.05) is 30.3 Å². The number of rotatable bonds is 6. The van der Waals surface area contributed by atoms with Crippen molar-refractivity contribution in [3.05, 3.63) is 64.1 Å². The molecule has 2 aromatic carbocycles. The number of halogens is 1. The first-order valence-corrected chi connectivity index (χ1v) is 10.6. The average molecular weight is 437 g/mol. The van der Waals surface area contributed by atoms with E-state index in [2.05, 4.69) is 21.2 Å². The third-order valence-electron chi connectivity index (χ3n) is 4.50. The van der Waals surface area contributed by atoms with Gasteiger partial charge in [-0.3, -0.25) is 4.79 Å². The van der Waals surface area contributed by atoms with Crippen molar-refractivity contribution in [3.63, 3.8) is 0 Å². The van der Waals surface area contributed by atoms with Crippen LogP contribution in [-0.2, 0) is 10.0 Å². The maximum atomic E-state index is 12.9. The van der Waals surface area contributed by atoms with E-state index < -0.39 is 10.0 Å². The summed E-state index contributed by atoms with van der Waals surface area (Å²) in [7, 11) is -0.666. The quantitative estimate of drug-likeness (QED) is 0.752. The molecular formula is C19H21BrN2O3S. The van der Waals surface area contributed by atoms with E-state index in [9.17, 15) is 13.2 Å². The van der Waals surface area contributed by atoms with Crippen molar-refractivity contribution in [1.29, 1.82) is 0 Å². The van der Waals surface area contributed by atoms with Gasteiger partial charge in [-0.15, -0.1) is 0 Å². The molecule has 1 aliphatic rings. The van der Waals surface area contributed by atoms with Crippen LogP contribution in [0.2, 0.25) is 0 Å². The number of carbonyl (C=O) groups excluding carboxylic acids is 1. The van der Waals surface area contributed by atoms with Crippen molar-refractivity contribution in [3.8, 4) is 0 Å². The Morgan fingerprint density at radius 1 is 1.15 bits per heavy atom. The molecule has 5 nitrogen and oxygen atoms in total. The molecule has 0 heterocycles. The topological polar surface area (TPSA) is 66.5 Å². The fourth-order valence-electron chi connectivity index (χ4n) is 2.83. The van der Waals surface area contributed by atoms with E-state index in [1.165, 1.54) is 26.2 Å². The lowest BCUT2D eigenvalue weighted by Gasteiger charge is -2.20. The molecule has 3 rings (SSSR count). The minimum atomic E-state index is -3.60. The van der Waals surface area contributed by atoms with Crippen molar-refractivity contribution in [2.45, 2.75) is 23.8 Å². The van der Waals surface area contributed by atoms with Gasteiger partial charge in [0.2, 0.25) is 10.0 Å². The van der Waals surface area contributed by atoms with E-state index in [0.29, 0.717) is 16.0 Å². The summed E-state index contributed by atoms with van der Waals surface area (Å²) in [6.45, 7) is 0. The van der Waals surface area contributed by atoms with Crippen LogP contribution in [0.5, 0.6) is 0 Å². The zero-order valence-corrected chi connectivity index (χ0v) is 17.0. The van der Waals surface area contributed by atoms with Crippen LogP contribution in [0.1, 0.15) is 34.8 Å². The van der Waals surface area contributed by atoms with Gasteiger partial charge in [0.15, 0.2) is 0 Å². The van der Waals surface area contributed by atoms with Gasteiger partial charge < -0.3 is 5.32 Å². The van der Waals surface area contributed by atoms with Crippen LogP contribution in [0.4, 0.5) is 0 Å². The Kier molecular flexibility index (Phi) is 5.50. The van der Waals surface area contributed by atoms with Crippen LogP contribution >= 0.6 is 15.9 Å². The highest BCUT2D eigenvalue weighted by Gasteiger charge is 2.34. The highest BCUT2D eigenvalue weighted by Crippen LogP contribution is 2.41. The summed E-state index contributed by atoms with van der Waals surface area (Å²) >= 11 is 3.36. The second-order valence-corrected chi connectivity index (χ2v) is 9.63. The third kappa shape index (κ3) is 4.00. The number of amides is 1. The number of carbonyl (C=O) groups is 1. The minimum absolute atomic E-state index is 0.0651. The zero-order valence-electron chi connectivity index (χ0n) is 14.6. The van der Waals surface area contributed by atoms with Gasteiger partial charge in [0, 0.05) is 18.6 Å². The van der Waals surface area contributed by atoms with Crippen LogP contribution in [0, 0.1) is 5.92 Å². The Morgan fingerprint density at radius 3 is 2.38 bits per heavy atom. The third-order valence-corrected chi connectivity index (χ3v) is 7.00. The van der Waals surface area contributed by atoms with E-state index in [1.54, 1.807) is 6.07 Å². The average Bonchev–Trinajstić information content (AvgIpc) is 3.45. The molecule has 26 heavy (non-hydrogen) atoms. The van der Waals surface area contributed by atoms with Crippen LogP contribution in [0.25, 0.3) is 0 Å². The SMILES string of the molecule is CN(C)S(=O)(=O)c1ccc(Br)c(C(=O)NC(c2ccccc2)C2CC2)c1. The van der Waals surface area contributed by atoms with Gasteiger partial charge in [0.25, 0.3) is 5.91 Å². The molecule has 1 unspecified atom stereocenters. The summed E-state index contributed by atoms with van der Waals surface area (Å²) in [5.74, 6) is 0.141. The normalized spacial score (nSPS) is 15.7. The summed E-state index contributed by atoms with van der Waals surface area (Å²) in [6.07, 6.45) is 2.16. The van der Waals surface area contributed by atoms with Crippen LogP contribution in [0.15, 0.2) is 57.9 Å². The maximum absolute atomic E-state index is 12.9. The van der Waals surface area contributed by atoms with Crippen LogP contribution < -0.4 is 5.32 Å². The standard InChI is InChI=1S/C19H21BrN2O3S/c1-22(2)26(24,25)15-10-11-17(20)16(12-15)19(23)21-18(14-8-9-14)13-6-4-3-5-7-13/h3-7,10-12,14,18H,8-9H2,1-2H3,(H,21,23). The molecule has 2 aromatic rings. The smallest absolute Gasteiger partial charge is 0.252 e. The molecule has 0 spiro atoms. The van der Waals surface area contributed by atoms with E-state index in [-0.39, 0.29) is 16.8 Å². The molecule has 1 N–H and O–H groups in total. The highest BCUT2D eigenvalue weighted by molar-refractivity contribution is 9.10. The Morgan fingerprint density at radius 2 is 1.81 bits per heavy atom. The molecule has 0 bridgehead atoms. The number of sulfonamides is 1. The van der Waals surface area contributed by atoms with Crippen molar-refractivity contribution >= 4 is 31.9 Å². The number of hydrogen-bond acceptors (Lipinski definition) is 3. The Bertz CT molecular complexity index is 910. The monoisotopic (exact) mass is 436 g/mol. The number of hydrogen-bond donors (Lipinski definition) is 1. The zero-order chi connectivity index (χ0) is 18.9. The number of nitrogens with one attached hydrogen (secondary N) is 1. The van der Waals surface area contributed by atoms with Gasteiger partial charge in [-0.05, 0) is 58.5 Å². The fourth-order valence-corrected chi connectivity index (χ4v) is 4.19. The molecule has 7 heteroatoms. The van der Waals surface area contributed by atoms with E-state index in [4.69, 9.17) is 0 Å². The highest BCUT2D eigenvalue weighted by atomic mass is 79.9. The Labute approximate surface area is 162 Å². The second kappa shape index (κ2) is 7.50. The molecule has 1 amide bonds. The molecular weight excluding hydrogens is 416 g/mol. The molecule has 1 aliphatic carbocycles. The Hall–Kier alpha value is -1.70. The minimum Gasteiger partial charge on any atom is -0.345 e. The first-order chi connectivity index (χ1) is 12.3. The summed E-state index contributed by atoms with van der Waals surface area (Å²) in [6, 6.07) is 14.3. The molecule has 0 aromatic heterocycles. The second-order valence-electron chi connectivity index (χ2n) is 6.63. The molecule has 0 radical (unpaired) electrons. The lowest BCUT2D eigenvalue weighted by molar-refractivity contribution is 0.0930. The number of nitrogens with zero attached hydrogens (tertiary/aromatic N) is 1. The van der Waals surface area contributed by atoms with Gasteiger partial charge in [-0.1, -0.05) is 30.3 Å². The van der Waals surface area contributed by atoms with Crippen molar-refractivity contribution in [1.82, 2.24) is 9.62 Å². The van der Waals surface area contributed by atoms with Gasteiger partial charge in [-0.25, -0.2) is 12.7 Å². The summed E-state index contributed by atoms with van der Waals surface area (Å²) in [4.78, 5) is 13.0. The van der Waals surface area contributed by atoms with Gasteiger partial charge in [-0.2, -0.15) is 0 Å². The maximum Gasteiger partial charge on any atom is 0.252 e. The van der Waals surface area contributed by atoms with Crippen molar-refractivity contribution < 1.29 is 13.2 Å². The molecule has 1 saturated carbocycles. The predicted molar refractivity (Wildman–Crippen MR) is 104 cm³/mol. The molecule has 1 fully saturated rings. The van der Waals surface area contributed by atoms with Crippen molar-refractivity contribution in [2.75, 3.05) is 14.1 Å². The fraction of sp³-hybridized carbons (Fsp3) is 0.316. The Balaban J connectivity index is 1.90. The number of benzene rings is 2. The molecule has 0 saturated heterocycles.